The molecule has 1 aromatic heterocycles. The number of rotatable bonds is 4. The molecule has 0 amide bonds. The number of aromatic nitrogens is 2. The molecule has 2 aromatic rings. The Balaban J connectivity index is 1.87. The van der Waals surface area contributed by atoms with Crippen LogP contribution >= 0.6 is 0 Å². The van der Waals surface area contributed by atoms with Crippen LogP contribution < -0.4 is 4.74 Å². The van der Waals surface area contributed by atoms with Crippen LogP contribution in [0.1, 0.15) is 12.8 Å². The molecule has 1 heterocycles. The average molecular weight is 225 g/mol. The maximum absolute atomic E-state index is 5.84. The third kappa shape index (κ3) is 2.44. The summed E-state index contributed by atoms with van der Waals surface area (Å²) >= 11 is 0. The summed E-state index contributed by atoms with van der Waals surface area (Å²) in [6.07, 6.45) is 6.89. The zero-order valence-corrected chi connectivity index (χ0v) is 9.47. The number of benzene rings is 1. The van der Waals surface area contributed by atoms with Crippen LogP contribution in [0.25, 0.3) is 11.3 Å². The third-order valence-corrected chi connectivity index (χ3v) is 2.86. The molecule has 0 bridgehead atoms. The van der Waals surface area contributed by atoms with E-state index < -0.39 is 0 Å². The van der Waals surface area contributed by atoms with Gasteiger partial charge >= 0.3 is 0 Å². The fourth-order valence-electron chi connectivity index (χ4n) is 1.70. The molecule has 1 radical (unpaired) electrons. The van der Waals surface area contributed by atoms with Gasteiger partial charge in [0.05, 0.1) is 18.5 Å². The van der Waals surface area contributed by atoms with E-state index in [1.807, 2.05) is 24.3 Å². The molecule has 0 N–H and O–H groups in total. The lowest BCUT2D eigenvalue weighted by Gasteiger charge is -2.10. The quantitative estimate of drug-likeness (QED) is 0.802. The molecule has 0 spiro atoms. The van der Waals surface area contributed by atoms with Crippen LogP contribution in [0.3, 0.4) is 0 Å². The summed E-state index contributed by atoms with van der Waals surface area (Å²) in [4.78, 5) is 8.04. The first-order valence-electron chi connectivity index (χ1n) is 5.84. The Hall–Kier alpha value is -1.90. The van der Waals surface area contributed by atoms with Crippen molar-refractivity contribution in [2.24, 2.45) is 5.92 Å². The Kier molecular flexibility index (Phi) is 2.74. The minimum atomic E-state index is 0.750. The molecule has 1 aliphatic rings. The molecule has 3 nitrogen and oxygen atoms in total. The molecule has 0 unspecified atom stereocenters. The first-order chi connectivity index (χ1) is 8.43. The lowest BCUT2D eigenvalue weighted by molar-refractivity contribution is 0.301. The molecule has 1 saturated carbocycles. The van der Waals surface area contributed by atoms with E-state index in [2.05, 4.69) is 16.2 Å². The zero-order valence-electron chi connectivity index (χ0n) is 9.47. The van der Waals surface area contributed by atoms with E-state index in [0.717, 1.165) is 29.5 Å². The summed E-state index contributed by atoms with van der Waals surface area (Å²) in [6.45, 7) is 0.811. The second kappa shape index (κ2) is 4.53. The molecule has 0 aliphatic heterocycles. The highest BCUT2D eigenvalue weighted by molar-refractivity contribution is 5.66. The van der Waals surface area contributed by atoms with Gasteiger partial charge in [-0.25, -0.2) is 9.97 Å². The van der Waals surface area contributed by atoms with E-state index in [9.17, 15) is 0 Å². The van der Waals surface area contributed by atoms with Crippen molar-refractivity contribution in [2.45, 2.75) is 12.8 Å². The summed E-state index contributed by atoms with van der Waals surface area (Å²) in [7, 11) is 0. The third-order valence-electron chi connectivity index (χ3n) is 2.86. The highest BCUT2D eigenvalue weighted by Gasteiger charge is 2.22. The number of para-hydroxylation sites is 1. The summed E-state index contributed by atoms with van der Waals surface area (Å²) in [5.41, 5.74) is 1.86. The molecular formula is C14H13N2O. The first-order valence-corrected chi connectivity index (χ1v) is 5.84. The van der Waals surface area contributed by atoms with E-state index in [-0.39, 0.29) is 0 Å². The van der Waals surface area contributed by atoms with Crippen molar-refractivity contribution in [3.05, 3.63) is 42.9 Å². The van der Waals surface area contributed by atoms with Crippen LogP contribution in [-0.4, -0.2) is 16.6 Å². The fraction of sp³-hybridized carbons (Fsp3) is 0.286. The minimum Gasteiger partial charge on any atom is -0.493 e. The van der Waals surface area contributed by atoms with Crippen molar-refractivity contribution in [1.82, 2.24) is 9.97 Å². The highest BCUT2D eigenvalue weighted by Crippen LogP contribution is 2.32. The molecule has 0 saturated heterocycles. The molecule has 85 valence electrons. The highest BCUT2D eigenvalue weighted by atomic mass is 16.5. The molecule has 3 rings (SSSR count). The Bertz CT molecular complexity index is 495. The fourth-order valence-corrected chi connectivity index (χ4v) is 1.70. The van der Waals surface area contributed by atoms with E-state index >= 15 is 0 Å². The zero-order chi connectivity index (χ0) is 11.5. The number of hydrogen-bond acceptors (Lipinski definition) is 3. The standard InChI is InChI=1S/C14H13N2O/c1-2-4-14(17-9-11-5-6-11)12(3-1)13-7-8-15-10-16-13/h1-4,7,10-11H,5-6,9H2. The van der Waals surface area contributed by atoms with E-state index in [1.54, 1.807) is 6.07 Å². The van der Waals surface area contributed by atoms with Gasteiger partial charge in [-0.3, -0.25) is 0 Å². The van der Waals surface area contributed by atoms with Gasteiger partial charge in [-0.05, 0) is 37.0 Å². The molecule has 1 aliphatic carbocycles. The van der Waals surface area contributed by atoms with Gasteiger partial charge in [0.2, 0.25) is 0 Å². The van der Waals surface area contributed by atoms with Crippen molar-refractivity contribution in [3.63, 3.8) is 0 Å². The maximum atomic E-state index is 5.84. The van der Waals surface area contributed by atoms with Crippen molar-refractivity contribution in [1.29, 1.82) is 0 Å². The van der Waals surface area contributed by atoms with Crippen LogP contribution in [0, 0.1) is 12.1 Å². The van der Waals surface area contributed by atoms with Crippen LogP contribution in [0.4, 0.5) is 0 Å². The van der Waals surface area contributed by atoms with Crippen LogP contribution in [0.15, 0.2) is 36.7 Å². The Morgan fingerprint density at radius 3 is 2.94 bits per heavy atom. The van der Waals surface area contributed by atoms with Crippen LogP contribution in [0.2, 0.25) is 0 Å². The van der Waals surface area contributed by atoms with Crippen LogP contribution in [-0.2, 0) is 0 Å². The van der Waals surface area contributed by atoms with Crippen molar-refractivity contribution >= 4 is 0 Å². The number of nitrogens with zero attached hydrogens (tertiary/aromatic N) is 2. The van der Waals surface area contributed by atoms with Crippen molar-refractivity contribution in [2.75, 3.05) is 6.61 Å². The Labute approximate surface area is 100 Å². The summed E-state index contributed by atoms with van der Waals surface area (Å²) in [6, 6.07) is 9.75. The normalized spacial score (nSPS) is 14.6. The topological polar surface area (TPSA) is 35.0 Å². The first kappa shape index (κ1) is 10.3. The van der Waals surface area contributed by atoms with Gasteiger partial charge in [-0.15, -0.1) is 0 Å². The lowest BCUT2D eigenvalue weighted by atomic mass is 10.1. The predicted octanol–water partition coefficient (Wildman–Crippen LogP) is 2.73. The summed E-state index contributed by atoms with van der Waals surface area (Å²) in [5.74, 6) is 1.64. The van der Waals surface area contributed by atoms with Gasteiger partial charge in [0, 0.05) is 5.56 Å². The average Bonchev–Trinajstić information content (AvgIpc) is 3.22. The van der Waals surface area contributed by atoms with Gasteiger partial charge in [0.25, 0.3) is 0 Å². The molecular weight excluding hydrogens is 212 g/mol. The van der Waals surface area contributed by atoms with Gasteiger partial charge < -0.3 is 4.74 Å². The predicted molar refractivity (Wildman–Crippen MR) is 64.5 cm³/mol. The van der Waals surface area contributed by atoms with E-state index in [0.29, 0.717) is 0 Å². The second-order valence-corrected chi connectivity index (χ2v) is 4.28. The maximum Gasteiger partial charge on any atom is 0.128 e. The Morgan fingerprint density at radius 1 is 1.29 bits per heavy atom. The summed E-state index contributed by atoms with van der Waals surface area (Å²) in [5, 5.41) is 0. The number of ether oxygens (including phenoxy) is 1. The minimum absolute atomic E-state index is 0.750. The van der Waals surface area contributed by atoms with E-state index in [1.165, 1.54) is 19.2 Å². The van der Waals surface area contributed by atoms with Gasteiger partial charge in [0.1, 0.15) is 12.1 Å². The van der Waals surface area contributed by atoms with Gasteiger partial charge in [-0.1, -0.05) is 12.1 Å². The van der Waals surface area contributed by atoms with Gasteiger partial charge in [-0.2, -0.15) is 0 Å². The van der Waals surface area contributed by atoms with Crippen LogP contribution in [0.5, 0.6) is 5.75 Å². The van der Waals surface area contributed by atoms with Gasteiger partial charge in [0.15, 0.2) is 0 Å². The lowest BCUT2D eigenvalue weighted by Crippen LogP contribution is -2.00. The van der Waals surface area contributed by atoms with Crippen molar-refractivity contribution < 1.29 is 4.74 Å². The molecule has 1 aromatic carbocycles. The molecule has 1 fully saturated rings. The van der Waals surface area contributed by atoms with Crippen molar-refractivity contribution in [3.8, 4) is 17.0 Å². The monoisotopic (exact) mass is 225 g/mol. The smallest absolute Gasteiger partial charge is 0.128 e. The molecule has 3 heteroatoms. The molecule has 17 heavy (non-hydrogen) atoms. The Morgan fingerprint density at radius 2 is 2.18 bits per heavy atom. The van der Waals surface area contributed by atoms with E-state index in [4.69, 9.17) is 4.74 Å². The number of hydrogen-bond donors (Lipinski definition) is 0. The largest absolute Gasteiger partial charge is 0.493 e. The molecule has 0 atom stereocenters. The summed E-state index contributed by atoms with van der Waals surface area (Å²) < 4.78 is 5.84. The second-order valence-electron chi connectivity index (χ2n) is 4.28. The SMILES string of the molecule is [c]1cc(-c2ccccc2OCC2CC2)ncn1.